The van der Waals surface area contributed by atoms with Crippen molar-refractivity contribution < 1.29 is 28.0 Å². The normalized spacial score (nSPS) is 17.8. The van der Waals surface area contributed by atoms with Crippen LogP contribution >= 0.6 is 0 Å². The molecule has 10 heteroatoms. The molecule has 0 spiro atoms. The van der Waals surface area contributed by atoms with Crippen LogP contribution in [0.2, 0.25) is 0 Å². The number of benzene rings is 1. The third kappa shape index (κ3) is 4.85. The number of hydrogen-bond donors (Lipinski definition) is 1. The number of carbonyl (C=O) groups is 4. The van der Waals surface area contributed by atoms with E-state index in [1.807, 2.05) is 0 Å². The summed E-state index contributed by atoms with van der Waals surface area (Å²) in [6.07, 6.45) is 5.79. The Morgan fingerprint density at radius 1 is 1.03 bits per heavy atom. The highest BCUT2D eigenvalue weighted by atomic mass is 19.2. The fraction of sp³-hybridized carbons (Fsp3) is 0.538. The number of carbonyl (C=O) groups excluding carboxylic acids is 4. The van der Waals surface area contributed by atoms with Crippen molar-refractivity contribution in [1.82, 2.24) is 19.7 Å². The summed E-state index contributed by atoms with van der Waals surface area (Å²) in [6.45, 7) is 2.82. The maximum atomic E-state index is 13.8. The summed E-state index contributed by atoms with van der Waals surface area (Å²) in [5.74, 6) is -2.77. The van der Waals surface area contributed by atoms with Crippen molar-refractivity contribution in [2.24, 2.45) is 13.0 Å². The van der Waals surface area contributed by atoms with Gasteiger partial charge in [-0.05, 0) is 24.8 Å². The average molecular weight is 503 g/mol. The quantitative estimate of drug-likeness (QED) is 0.615. The number of piperazine rings is 1. The molecule has 1 saturated carbocycles. The fourth-order valence-electron chi connectivity index (χ4n) is 5.44. The maximum Gasteiger partial charge on any atom is 0.271 e. The van der Waals surface area contributed by atoms with Crippen molar-refractivity contribution in [3.05, 3.63) is 35.0 Å². The van der Waals surface area contributed by atoms with Crippen molar-refractivity contribution >= 4 is 34.9 Å². The molecule has 4 rings (SSSR count). The third-order valence-corrected chi connectivity index (χ3v) is 7.50. The Hall–Kier alpha value is -3.30. The van der Waals surface area contributed by atoms with Crippen molar-refractivity contribution in [1.29, 1.82) is 0 Å². The largest absolute Gasteiger partial charge is 0.344 e. The first-order valence-electron chi connectivity index (χ1n) is 12.6. The van der Waals surface area contributed by atoms with Gasteiger partial charge in [0.1, 0.15) is 11.7 Å². The first-order valence-corrected chi connectivity index (χ1v) is 12.6. The van der Waals surface area contributed by atoms with Gasteiger partial charge in [0.05, 0.1) is 11.1 Å². The smallest absolute Gasteiger partial charge is 0.271 e. The van der Waals surface area contributed by atoms with Gasteiger partial charge in [0.15, 0.2) is 17.9 Å². The van der Waals surface area contributed by atoms with Crippen LogP contribution in [-0.2, 0) is 16.6 Å². The van der Waals surface area contributed by atoms with E-state index in [0.29, 0.717) is 25.8 Å². The highest BCUT2D eigenvalue weighted by Gasteiger charge is 2.36. The Labute approximate surface area is 208 Å². The zero-order valence-corrected chi connectivity index (χ0v) is 20.7. The molecule has 36 heavy (non-hydrogen) atoms. The molecule has 2 aromatic rings. The van der Waals surface area contributed by atoms with Gasteiger partial charge in [-0.15, -0.1) is 0 Å². The Morgan fingerprint density at radius 3 is 2.25 bits per heavy atom. The molecule has 2 fully saturated rings. The number of aldehydes is 1. The van der Waals surface area contributed by atoms with Crippen molar-refractivity contribution in [2.75, 3.05) is 26.2 Å². The van der Waals surface area contributed by atoms with Crippen molar-refractivity contribution in [2.45, 2.75) is 51.5 Å². The number of nitrogens with zero attached hydrogens (tertiary/aromatic N) is 3. The summed E-state index contributed by atoms with van der Waals surface area (Å²) in [5, 5.41) is 3.10. The molecule has 0 unspecified atom stereocenters. The zero-order valence-electron chi connectivity index (χ0n) is 20.7. The topological polar surface area (TPSA) is 91.7 Å². The summed E-state index contributed by atoms with van der Waals surface area (Å²) in [7, 11) is 1.53. The second-order valence-electron chi connectivity index (χ2n) is 9.64. The van der Waals surface area contributed by atoms with Crippen LogP contribution in [0.1, 0.15) is 66.3 Å². The molecule has 1 aliphatic heterocycles. The molecule has 0 bridgehead atoms. The molecule has 1 aromatic heterocycles. The van der Waals surface area contributed by atoms with Gasteiger partial charge in [-0.25, -0.2) is 8.78 Å². The Bertz CT molecular complexity index is 1180. The predicted octanol–water partition coefficient (Wildman–Crippen LogP) is 3.03. The lowest BCUT2D eigenvalue weighted by molar-refractivity contribution is -0.139. The summed E-state index contributed by atoms with van der Waals surface area (Å²) >= 11 is 0. The number of amides is 3. The number of hydrogen-bond acceptors (Lipinski definition) is 4. The second-order valence-corrected chi connectivity index (χ2v) is 9.64. The van der Waals surface area contributed by atoms with E-state index >= 15 is 0 Å². The van der Waals surface area contributed by atoms with Crippen LogP contribution in [0.15, 0.2) is 12.1 Å². The molecule has 1 saturated heterocycles. The van der Waals surface area contributed by atoms with Gasteiger partial charge in [-0.2, -0.15) is 0 Å². The minimum Gasteiger partial charge on any atom is -0.344 e. The van der Waals surface area contributed by atoms with E-state index in [9.17, 15) is 28.0 Å². The molecule has 0 radical (unpaired) electrons. The van der Waals surface area contributed by atoms with E-state index in [0.717, 1.165) is 44.2 Å². The molecule has 194 valence electrons. The minimum atomic E-state index is -1.09. The second kappa shape index (κ2) is 10.8. The SMILES string of the molecule is CCC(=O)N[C@H](C(=O)N1CCN(C(=O)c2c(C=O)c3cc(F)c(F)cc3n2C)CC1)C1CCCCC1. The Kier molecular flexibility index (Phi) is 7.70. The predicted molar refractivity (Wildman–Crippen MR) is 130 cm³/mol. The standard InChI is InChI=1S/C26H32F2N4O4/c1-3-22(34)29-23(16-7-5-4-6-8-16)25(35)31-9-11-32(12-10-31)26(36)24-18(15-33)17-13-19(27)20(28)14-21(17)30(24)2/h13-16,23H,3-12H2,1-2H3,(H,29,34)/t23-/m0/s1. The van der Waals surface area contributed by atoms with Crippen molar-refractivity contribution in [3.8, 4) is 0 Å². The van der Waals surface area contributed by atoms with E-state index in [1.165, 1.54) is 16.5 Å². The number of aromatic nitrogens is 1. The van der Waals surface area contributed by atoms with E-state index in [4.69, 9.17) is 0 Å². The van der Waals surface area contributed by atoms with Gasteiger partial charge in [0.25, 0.3) is 5.91 Å². The van der Waals surface area contributed by atoms with Gasteiger partial charge in [-0.3, -0.25) is 19.2 Å². The third-order valence-electron chi connectivity index (χ3n) is 7.50. The van der Waals surface area contributed by atoms with Gasteiger partial charge >= 0.3 is 0 Å². The summed E-state index contributed by atoms with van der Waals surface area (Å²) < 4.78 is 29.0. The molecule has 2 heterocycles. The van der Waals surface area contributed by atoms with Crippen molar-refractivity contribution in [3.63, 3.8) is 0 Å². The van der Waals surface area contributed by atoms with E-state index in [1.54, 1.807) is 11.8 Å². The molecule has 1 aliphatic carbocycles. The van der Waals surface area contributed by atoms with E-state index in [2.05, 4.69) is 5.32 Å². The van der Waals surface area contributed by atoms with E-state index < -0.39 is 23.6 Å². The maximum absolute atomic E-state index is 13.8. The fourth-order valence-corrected chi connectivity index (χ4v) is 5.44. The molecule has 1 atom stereocenters. The number of halogens is 2. The number of rotatable bonds is 6. The number of nitrogens with one attached hydrogen (secondary N) is 1. The monoisotopic (exact) mass is 502 g/mol. The van der Waals surface area contributed by atoms with Crippen LogP contribution < -0.4 is 5.32 Å². The first kappa shape index (κ1) is 25.8. The highest BCUT2D eigenvalue weighted by molar-refractivity contribution is 6.10. The number of fused-ring (bicyclic) bond motifs is 1. The molecular weight excluding hydrogens is 470 g/mol. The summed E-state index contributed by atoms with van der Waals surface area (Å²) in [5.41, 5.74) is 0.310. The van der Waals surface area contributed by atoms with Gasteiger partial charge in [-0.1, -0.05) is 26.2 Å². The van der Waals surface area contributed by atoms with Crippen LogP contribution in [0.25, 0.3) is 10.9 Å². The van der Waals surface area contributed by atoms with Crippen LogP contribution in [0.3, 0.4) is 0 Å². The Balaban J connectivity index is 1.50. The first-order chi connectivity index (χ1) is 17.3. The molecule has 1 aromatic carbocycles. The van der Waals surface area contributed by atoms with Crippen LogP contribution in [0, 0.1) is 17.6 Å². The molecular formula is C26H32F2N4O4. The van der Waals surface area contributed by atoms with E-state index in [-0.39, 0.29) is 53.0 Å². The lowest BCUT2D eigenvalue weighted by Crippen LogP contribution is -2.58. The zero-order chi connectivity index (χ0) is 26.0. The summed E-state index contributed by atoms with van der Waals surface area (Å²) in [4.78, 5) is 54.0. The van der Waals surface area contributed by atoms with Crippen LogP contribution in [0.5, 0.6) is 0 Å². The van der Waals surface area contributed by atoms with Crippen LogP contribution in [-0.4, -0.2) is 70.6 Å². The summed E-state index contributed by atoms with van der Waals surface area (Å²) in [6, 6.07) is 1.34. The average Bonchev–Trinajstić information content (AvgIpc) is 3.17. The molecule has 2 aliphatic rings. The van der Waals surface area contributed by atoms with Gasteiger partial charge in [0, 0.05) is 51.1 Å². The lowest BCUT2D eigenvalue weighted by atomic mass is 9.83. The van der Waals surface area contributed by atoms with Gasteiger partial charge < -0.3 is 19.7 Å². The Morgan fingerprint density at radius 2 is 1.64 bits per heavy atom. The molecule has 3 amide bonds. The molecule has 8 nitrogen and oxygen atoms in total. The highest BCUT2D eigenvalue weighted by Crippen LogP contribution is 2.29. The number of aryl methyl sites for hydroxylation is 1. The molecule has 1 N–H and O–H groups in total. The minimum absolute atomic E-state index is 0.00884. The lowest BCUT2D eigenvalue weighted by Gasteiger charge is -2.39. The van der Waals surface area contributed by atoms with Crippen LogP contribution in [0.4, 0.5) is 8.78 Å². The van der Waals surface area contributed by atoms with Gasteiger partial charge in [0.2, 0.25) is 11.8 Å².